The zero-order valence-corrected chi connectivity index (χ0v) is 11.5. The van der Waals surface area contributed by atoms with Crippen LogP contribution in [0.2, 0.25) is 0 Å². The summed E-state index contributed by atoms with van der Waals surface area (Å²) < 4.78 is 0. The van der Waals surface area contributed by atoms with Crippen LogP contribution in [-0.4, -0.2) is 14.6 Å². The molecule has 1 N–H and O–H groups in total. The summed E-state index contributed by atoms with van der Waals surface area (Å²) in [5, 5.41) is 2.51. The highest BCUT2D eigenvalue weighted by Gasteiger charge is 2.07. The van der Waals surface area contributed by atoms with Crippen molar-refractivity contribution in [3.63, 3.8) is 0 Å². The molecule has 0 unspecified atom stereocenters. The van der Waals surface area contributed by atoms with Gasteiger partial charge in [0, 0.05) is 0 Å². The Bertz CT molecular complexity index is 701. The number of fused-ring (bicyclic) bond motifs is 1. The topological polar surface area (TPSA) is 20.2 Å². The summed E-state index contributed by atoms with van der Waals surface area (Å²) in [5.41, 5.74) is 3.67. The average molecular weight is 262 g/mol. The Kier molecular flexibility index (Phi) is 3.44. The van der Waals surface area contributed by atoms with E-state index in [1.54, 1.807) is 0 Å². The van der Waals surface area contributed by atoms with E-state index in [0.717, 1.165) is 6.04 Å². The smallest absolute Gasteiger partial charge is 0.229 e. The highest BCUT2D eigenvalue weighted by molar-refractivity contribution is 6.25. The summed E-state index contributed by atoms with van der Waals surface area (Å²) in [6.45, 7) is 0. The molecule has 3 aromatic rings. The lowest BCUT2D eigenvalue weighted by molar-refractivity contribution is 0.600. The Labute approximate surface area is 115 Å². The van der Waals surface area contributed by atoms with E-state index in [9.17, 15) is 4.80 Å². The first-order chi connectivity index (χ1) is 9.40. The molecule has 1 nitrogen and oxygen atoms in total. The van der Waals surface area contributed by atoms with Crippen molar-refractivity contribution in [3.05, 3.63) is 72.3 Å². The fraction of sp³-hybridized carbons (Fsp3) is 0.0588. The molecule has 0 aliphatic carbocycles. The maximum absolute atomic E-state index is 9.23. The van der Waals surface area contributed by atoms with Crippen molar-refractivity contribution in [2.24, 2.45) is 0 Å². The van der Waals surface area contributed by atoms with Gasteiger partial charge in [0.2, 0.25) is 9.76 Å². The molecule has 3 aromatic carbocycles. The molecule has 0 aromatic heterocycles. The molecule has 2 radical (unpaired) electrons. The molecule has 0 saturated carbocycles. The predicted molar refractivity (Wildman–Crippen MR) is 81.1 cm³/mol. The molecule has 0 aliphatic rings. The van der Waals surface area contributed by atoms with E-state index < -0.39 is 0 Å². The third-order valence-electron chi connectivity index (χ3n) is 3.37. The van der Waals surface area contributed by atoms with Crippen molar-refractivity contribution in [2.45, 2.75) is 6.04 Å². The van der Waals surface area contributed by atoms with E-state index in [4.69, 9.17) is 0 Å². The minimum absolute atomic E-state index is 0.0466. The summed E-state index contributed by atoms with van der Waals surface area (Å²) in [7, 11) is -0.0466. The molecule has 0 atom stereocenters. The van der Waals surface area contributed by atoms with Gasteiger partial charge in [0.15, 0.2) is 0 Å². The zero-order valence-electron chi connectivity index (χ0n) is 10.5. The molecule has 0 heterocycles. The van der Waals surface area contributed by atoms with Gasteiger partial charge in [-0.05, 0) is 33.5 Å². The van der Waals surface area contributed by atoms with Gasteiger partial charge in [-0.2, -0.15) is 0 Å². The van der Waals surface area contributed by atoms with Gasteiger partial charge in [-0.1, -0.05) is 66.7 Å². The van der Waals surface area contributed by atoms with E-state index >= 15 is 0 Å². The predicted octanol–water partition coefficient (Wildman–Crippen LogP) is 3.62. The van der Waals surface area contributed by atoms with Crippen molar-refractivity contribution in [3.8, 4) is 11.1 Å². The van der Waals surface area contributed by atoms with Crippen molar-refractivity contribution < 1.29 is 4.80 Å². The lowest BCUT2D eigenvalue weighted by Crippen LogP contribution is -1.97. The summed E-state index contributed by atoms with van der Waals surface area (Å²) >= 11 is 0. The van der Waals surface area contributed by atoms with Crippen LogP contribution in [0.3, 0.4) is 0 Å². The maximum Gasteiger partial charge on any atom is 0.229 e. The van der Waals surface area contributed by atoms with Crippen LogP contribution < -0.4 is 0 Å². The summed E-state index contributed by atoms with van der Waals surface area (Å²) in [4.78, 5) is 9.23. The van der Waals surface area contributed by atoms with Crippen LogP contribution in [0.15, 0.2) is 66.7 Å². The summed E-state index contributed by atoms with van der Waals surface area (Å²) in [6, 6.07) is 23.8. The van der Waals surface area contributed by atoms with E-state index in [1.165, 1.54) is 27.5 Å². The Morgan fingerprint density at radius 3 is 2.32 bits per heavy atom. The van der Waals surface area contributed by atoms with Gasteiger partial charge in [0.1, 0.15) is 0 Å². The van der Waals surface area contributed by atoms with Crippen LogP contribution in [0.5, 0.6) is 0 Å². The molecule has 19 heavy (non-hydrogen) atoms. The molecular weight excluding hydrogens is 248 g/mol. The van der Waals surface area contributed by atoms with Crippen LogP contribution >= 0.6 is 0 Å². The van der Waals surface area contributed by atoms with Crippen molar-refractivity contribution >= 4 is 20.5 Å². The standard InChI is InChI=1S/C17H14OSi/c18-19-12-14-7-2-4-10-16(14)17-11-5-8-13-6-1-3-9-15(13)17/h1-11,18H,12H2. The molecule has 0 aliphatic heterocycles. The molecule has 0 bridgehead atoms. The van der Waals surface area contributed by atoms with Crippen molar-refractivity contribution in [1.29, 1.82) is 0 Å². The summed E-state index contributed by atoms with van der Waals surface area (Å²) in [5.74, 6) is 0. The molecule has 92 valence electrons. The fourth-order valence-corrected chi connectivity index (χ4v) is 2.96. The molecule has 0 spiro atoms. The first-order valence-electron chi connectivity index (χ1n) is 6.33. The van der Waals surface area contributed by atoms with Gasteiger partial charge in [0.25, 0.3) is 0 Å². The van der Waals surface area contributed by atoms with Gasteiger partial charge < -0.3 is 4.80 Å². The second-order valence-electron chi connectivity index (χ2n) is 4.52. The minimum Gasteiger partial charge on any atom is -0.431 e. The lowest BCUT2D eigenvalue weighted by Gasteiger charge is -2.11. The van der Waals surface area contributed by atoms with E-state index in [2.05, 4.69) is 60.7 Å². The van der Waals surface area contributed by atoms with E-state index in [-0.39, 0.29) is 9.76 Å². The number of hydrogen-bond donors (Lipinski definition) is 1. The number of benzene rings is 3. The molecule has 0 fully saturated rings. The van der Waals surface area contributed by atoms with Crippen LogP contribution in [0.4, 0.5) is 0 Å². The monoisotopic (exact) mass is 262 g/mol. The van der Waals surface area contributed by atoms with Crippen LogP contribution in [-0.2, 0) is 6.04 Å². The Morgan fingerprint density at radius 2 is 1.42 bits per heavy atom. The van der Waals surface area contributed by atoms with Gasteiger partial charge in [-0.25, -0.2) is 0 Å². The molecule has 0 amide bonds. The second-order valence-corrected chi connectivity index (χ2v) is 5.19. The first kappa shape index (κ1) is 12.1. The minimum atomic E-state index is -0.0466. The molecule has 2 heteroatoms. The number of rotatable bonds is 3. The Morgan fingerprint density at radius 1 is 0.737 bits per heavy atom. The molecule has 3 rings (SSSR count). The molecule has 0 saturated heterocycles. The quantitative estimate of drug-likeness (QED) is 0.715. The van der Waals surface area contributed by atoms with E-state index in [1.807, 2.05) is 6.07 Å². The zero-order chi connectivity index (χ0) is 13.1. The second kappa shape index (κ2) is 5.39. The first-order valence-corrected chi connectivity index (χ1v) is 7.48. The number of hydrogen-bond acceptors (Lipinski definition) is 1. The summed E-state index contributed by atoms with van der Waals surface area (Å²) in [6.07, 6.45) is 0. The van der Waals surface area contributed by atoms with Gasteiger partial charge in [0.05, 0.1) is 0 Å². The Balaban J connectivity index is 2.25. The van der Waals surface area contributed by atoms with Gasteiger partial charge >= 0.3 is 0 Å². The van der Waals surface area contributed by atoms with Crippen LogP contribution in [0.1, 0.15) is 5.56 Å². The van der Waals surface area contributed by atoms with Crippen molar-refractivity contribution in [2.75, 3.05) is 0 Å². The fourth-order valence-electron chi connectivity index (χ4n) is 2.48. The highest BCUT2D eigenvalue weighted by Crippen LogP contribution is 2.30. The average Bonchev–Trinajstić information content (AvgIpc) is 2.48. The van der Waals surface area contributed by atoms with Gasteiger partial charge in [-0.15, -0.1) is 0 Å². The maximum atomic E-state index is 9.23. The van der Waals surface area contributed by atoms with Crippen LogP contribution in [0.25, 0.3) is 21.9 Å². The van der Waals surface area contributed by atoms with Crippen molar-refractivity contribution in [1.82, 2.24) is 0 Å². The third kappa shape index (κ3) is 2.32. The normalized spacial score (nSPS) is 10.8. The van der Waals surface area contributed by atoms with E-state index in [0.29, 0.717) is 0 Å². The largest absolute Gasteiger partial charge is 0.431 e. The lowest BCUT2D eigenvalue weighted by atomic mass is 9.95. The van der Waals surface area contributed by atoms with Crippen LogP contribution in [0, 0.1) is 0 Å². The highest BCUT2D eigenvalue weighted by atomic mass is 28.2. The Hall–Kier alpha value is -1.90. The SMILES string of the molecule is O[Si]Cc1ccccc1-c1cccc2ccccc12. The van der Waals surface area contributed by atoms with Gasteiger partial charge in [-0.3, -0.25) is 0 Å². The molecular formula is C17H14OSi. The third-order valence-corrected chi connectivity index (χ3v) is 3.91.